The summed E-state index contributed by atoms with van der Waals surface area (Å²) in [6.07, 6.45) is 5.26. The Balaban J connectivity index is 2.02. The second-order valence-electron chi connectivity index (χ2n) is 4.73. The lowest BCUT2D eigenvalue weighted by molar-refractivity contribution is 0.0273. The Labute approximate surface area is 112 Å². The quantitative estimate of drug-likeness (QED) is 0.651. The van der Waals surface area contributed by atoms with E-state index in [0.717, 1.165) is 30.6 Å². The zero-order valence-corrected chi connectivity index (χ0v) is 11.4. The zero-order chi connectivity index (χ0) is 12.3. The van der Waals surface area contributed by atoms with E-state index in [9.17, 15) is 5.11 Å². The van der Waals surface area contributed by atoms with Crippen LogP contribution in [0.15, 0.2) is 23.1 Å². The first kappa shape index (κ1) is 13.1. The molecule has 0 saturated heterocycles. The molecule has 0 atom stereocenters. The van der Waals surface area contributed by atoms with Crippen molar-refractivity contribution in [1.29, 1.82) is 0 Å². The lowest BCUT2D eigenvalue weighted by Gasteiger charge is -2.31. The minimum atomic E-state index is -0.533. The average molecular weight is 272 g/mol. The molecule has 4 heteroatoms. The number of hydrogen-bond donors (Lipinski definition) is 2. The number of rotatable bonds is 3. The first-order chi connectivity index (χ1) is 8.11. The van der Waals surface area contributed by atoms with Gasteiger partial charge in [-0.25, -0.2) is 0 Å². The van der Waals surface area contributed by atoms with Gasteiger partial charge in [-0.15, -0.1) is 11.8 Å². The zero-order valence-electron chi connectivity index (χ0n) is 9.79. The molecule has 0 amide bonds. The molecule has 0 radical (unpaired) electrons. The molecule has 0 bridgehead atoms. The van der Waals surface area contributed by atoms with E-state index in [1.54, 1.807) is 11.8 Å². The molecule has 1 saturated carbocycles. The van der Waals surface area contributed by atoms with E-state index in [-0.39, 0.29) is 0 Å². The number of benzene rings is 1. The third-order valence-electron chi connectivity index (χ3n) is 3.27. The maximum Gasteiger partial charge on any atom is 0.0741 e. The predicted molar refractivity (Wildman–Crippen MR) is 74.6 cm³/mol. The van der Waals surface area contributed by atoms with Crippen LogP contribution >= 0.6 is 23.4 Å². The molecule has 3 N–H and O–H groups in total. The van der Waals surface area contributed by atoms with Crippen LogP contribution in [0.2, 0.25) is 5.02 Å². The molecular weight excluding hydrogens is 254 g/mol. The van der Waals surface area contributed by atoms with Crippen LogP contribution < -0.4 is 5.73 Å². The Hall–Kier alpha value is -0.380. The van der Waals surface area contributed by atoms with Crippen molar-refractivity contribution in [3.8, 4) is 0 Å². The molecular formula is C13H18ClNOS. The Morgan fingerprint density at radius 2 is 2.00 bits per heavy atom. The van der Waals surface area contributed by atoms with Crippen LogP contribution in [-0.4, -0.2) is 16.5 Å². The van der Waals surface area contributed by atoms with Gasteiger partial charge in [0.2, 0.25) is 0 Å². The highest BCUT2D eigenvalue weighted by Gasteiger charge is 2.29. The number of halogens is 1. The van der Waals surface area contributed by atoms with Crippen LogP contribution in [0.5, 0.6) is 0 Å². The van der Waals surface area contributed by atoms with Crippen LogP contribution in [0.4, 0.5) is 5.69 Å². The predicted octanol–water partition coefficient (Wildman–Crippen LogP) is 3.71. The minimum absolute atomic E-state index is 0.533. The Morgan fingerprint density at radius 3 is 2.65 bits per heavy atom. The standard InChI is InChI=1S/C13H18ClNOS/c14-10-5-4-6-11(15)12(10)17-9-13(16)7-2-1-3-8-13/h4-6,16H,1-3,7-9,15H2. The second-order valence-corrected chi connectivity index (χ2v) is 6.12. The summed E-state index contributed by atoms with van der Waals surface area (Å²) in [7, 11) is 0. The van der Waals surface area contributed by atoms with Crippen LogP contribution in [0.25, 0.3) is 0 Å². The summed E-state index contributed by atoms with van der Waals surface area (Å²) in [5.41, 5.74) is 6.06. The van der Waals surface area contributed by atoms with Crippen molar-refractivity contribution < 1.29 is 5.11 Å². The number of aliphatic hydroxyl groups is 1. The Morgan fingerprint density at radius 1 is 1.29 bits per heavy atom. The first-order valence-corrected chi connectivity index (χ1v) is 7.36. The fourth-order valence-electron chi connectivity index (χ4n) is 2.24. The number of thioether (sulfide) groups is 1. The van der Waals surface area contributed by atoms with Crippen molar-refractivity contribution in [3.63, 3.8) is 0 Å². The van der Waals surface area contributed by atoms with Gasteiger partial charge in [-0.05, 0) is 25.0 Å². The summed E-state index contributed by atoms with van der Waals surface area (Å²) in [6.45, 7) is 0. The van der Waals surface area contributed by atoms with Gasteiger partial charge in [0.1, 0.15) is 0 Å². The highest BCUT2D eigenvalue weighted by molar-refractivity contribution is 7.99. The average Bonchev–Trinajstić information content (AvgIpc) is 2.29. The summed E-state index contributed by atoms with van der Waals surface area (Å²) < 4.78 is 0. The van der Waals surface area contributed by atoms with E-state index in [4.69, 9.17) is 17.3 Å². The van der Waals surface area contributed by atoms with Crippen molar-refractivity contribution in [2.75, 3.05) is 11.5 Å². The normalized spacial score (nSPS) is 19.2. The van der Waals surface area contributed by atoms with Gasteiger partial charge < -0.3 is 10.8 Å². The lowest BCUT2D eigenvalue weighted by atomic mass is 9.86. The molecule has 1 aromatic rings. The molecule has 0 aromatic heterocycles. The highest BCUT2D eigenvalue weighted by atomic mass is 35.5. The molecule has 0 spiro atoms. The van der Waals surface area contributed by atoms with Crippen molar-refractivity contribution in [2.45, 2.75) is 42.6 Å². The van der Waals surface area contributed by atoms with Gasteiger partial charge in [0, 0.05) is 16.3 Å². The molecule has 1 aliphatic carbocycles. The van der Waals surface area contributed by atoms with Crippen molar-refractivity contribution in [2.24, 2.45) is 0 Å². The summed E-state index contributed by atoms with van der Waals surface area (Å²) in [4.78, 5) is 0.896. The largest absolute Gasteiger partial charge is 0.398 e. The third kappa shape index (κ3) is 3.30. The van der Waals surface area contributed by atoms with Gasteiger partial charge in [-0.3, -0.25) is 0 Å². The van der Waals surface area contributed by atoms with Crippen molar-refractivity contribution in [1.82, 2.24) is 0 Å². The maximum atomic E-state index is 10.4. The van der Waals surface area contributed by atoms with Crippen LogP contribution in [0, 0.1) is 0 Å². The van der Waals surface area contributed by atoms with Gasteiger partial charge in [0.25, 0.3) is 0 Å². The van der Waals surface area contributed by atoms with Gasteiger partial charge in [-0.1, -0.05) is 36.9 Å². The van der Waals surface area contributed by atoms with Gasteiger partial charge in [-0.2, -0.15) is 0 Å². The van der Waals surface area contributed by atoms with E-state index >= 15 is 0 Å². The number of nitrogen functional groups attached to an aromatic ring is 1. The van der Waals surface area contributed by atoms with Crippen LogP contribution in [-0.2, 0) is 0 Å². The molecule has 0 unspecified atom stereocenters. The Bertz CT molecular complexity index is 371. The maximum absolute atomic E-state index is 10.4. The molecule has 0 heterocycles. The summed E-state index contributed by atoms with van der Waals surface area (Å²) >= 11 is 7.68. The van der Waals surface area contributed by atoms with E-state index < -0.39 is 5.60 Å². The van der Waals surface area contributed by atoms with E-state index in [0.29, 0.717) is 16.5 Å². The highest BCUT2D eigenvalue weighted by Crippen LogP contribution is 2.38. The Kier molecular flexibility index (Phi) is 4.23. The molecule has 2 rings (SSSR count). The smallest absolute Gasteiger partial charge is 0.0741 e. The SMILES string of the molecule is Nc1cccc(Cl)c1SCC1(O)CCCCC1. The minimum Gasteiger partial charge on any atom is -0.398 e. The second kappa shape index (κ2) is 5.51. The molecule has 1 aliphatic rings. The number of nitrogens with two attached hydrogens (primary N) is 1. The first-order valence-electron chi connectivity index (χ1n) is 6.00. The molecule has 2 nitrogen and oxygen atoms in total. The lowest BCUT2D eigenvalue weighted by Crippen LogP contribution is -2.34. The van der Waals surface area contributed by atoms with E-state index in [2.05, 4.69) is 0 Å². The number of anilines is 1. The van der Waals surface area contributed by atoms with Crippen LogP contribution in [0.3, 0.4) is 0 Å². The fourth-order valence-corrected chi connectivity index (χ4v) is 3.73. The summed E-state index contributed by atoms with van der Waals surface area (Å²) in [6, 6.07) is 5.53. The van der Waals surface area contributed by atoms with Gasteiger partial charge in [0.05, 0.1) is 10.6 Å². The van der Waals surface area contributed by atoms with E-state index in [1.165, 1.54) is 6.42 Å². The molecule has 0 aliphatic heterocycles. The molecule has 1 fully saturated rings. The molecule has 94 valence electrons. The molecule has 1 aromatic carbocycles. The number of hydrogen-bond acceptors (Lipinski definition) is 3. The van der Waals surface area contributed by atoms with E-state index in [1.807, 2.05) is 18.2 Å². The van der Waals surface area contributed by atoms with Crippen LogP contribution in [0.1, 0.15) is 32.1 Å². The topological polar surface area (TPSA) is 46.2 Å². The monoisotopic (exact) mass is 271 g/mol. The molecule has 17 heavy (non-hydrogen) atoms. The fraction of sp³-hybridized carbons (Fsp3) is 0.538. The summed E-state index contributed by atoms with van der Waals surface area (Å²) in [5, 5.41) is 11.1. The van der Waals surface area contributed by atoms with Gasteiger partial charge >= 0.3 is 0 Å². The third-order valence-corrected chi connectivity index (χ3v) is 5.12. The van der Waals surface area contributed by atoms with Crippen molar-refractivity contribution in [3.05, 3.63) is 23.2 Å². The van der Waals surface area contributed by atoms with Crippen molar-refractivity contribution >= 4 is 29.1 Å². The summed E-state index contributed by atoms with van der Waals surface area (Å²) in [5.74, 6) is 0.681. The van der Waals surface area contributed by atoms with Gasteiger partial charge in [0.15, 0.2) is 0 Å².